The molecule has 28 heavy (non-hydrogen) atoms. The molecule has 4 aromatic rings. The van der Waals surface area contributed by atoms with Gasteiger partial charge in [0, 0.05) is 15.6 Å². The number of nitrogens with two attached hydrogens (primary N) is 1. The highest BCUT2D eigenvalue weighted by molar-refractivity contribution is 6.36. The molecule has 2 aromatic carbocycles. The zero-order chi connectivity index (χ0) is 20.0. The summed E-state index contributed by atoms with van der Waals surface area (Å²) in [5, 5.41) is 1.15. The lowest BCUT2D eigenvalue weighted by Crippen LogP contribution is -2.15. The van der Waals surface area contributed by atoms with Gasteiger partial charge in [-0.15, -0.1) is 0 Å². The quantitative estimate of drug-likeness (QED) is 0.511. The van der Waals surface area contributed by atoms with Gasteiger partial charge in [0.15, 0.2) is 17.2 Å². The van der Waals surface area contributed by atoms with E-state index in [4.69, 9.17) is 40.5 Å². The summed E-state index contributed by atoms with van der Waals surface area (Å²) >= 11 is 18.2. The molecule has 0 bridgehead atoms. The molecule has 1 amide bonds. The third kappa shape index (κ3) is 3.13. The molecule has 3 N–H and O–H groups in total. The van der Waals surface area contributed by atoms with Crippen LogP contribution in [0.5, 0.6) is 0 Å². The molecule has 2 heterocycles. The number of hydrogen-bond donors (Lipinski definition) is 2. The van der Waals surface area contributed by atoms with Crippen molar-refractivity contribution in [1.29, 1.82) is 0 Å². The van der Waals surface area contributed by atoms with Crippen LogP contribution in [0, 0.1) is 0 Å². The minimum atomic E-state index is -0.821. The standard InChI is InChI=1S/C18H10Cl3N5O2/c19-8-2-1-3-10(6-8)26-17-14(24-18(26)28)13(15(22)27)23-16(25-17)11-5-4-9(20)7-12(11)21/h1-7H,(H2,22,27)(H,24,28). The molecule has 0 saturated carbocycles. The van der Waals surface area contributed by atoms with E-state index in [1.165, 1.54) is 10.6 Å². The Morgan fingerprint density at radius 1 is 1.04 bits per heavy atom. The number of nitrogens with one attached hydrogen (secondary N) is 1. The molecule has 0 aliphatic heterocycles. The number of imidazole rings is 1. The number of amides is 1. The van der Waals surface area contributed by atoms with Crippen LogP contribution in [-0.2, 0) is 0 Å². The van der Waals surface area contributed by atoms with Crippen molar-refractivity contribution in [3.8, 4) is 17.1 Å². The van der Waals surface area contributed by atoms with E-state index in [0.29, 0.717) is 21.3 Å². The molecule has 10 heteroatoms. The molecule has 7 nitrogen and oxygen atoms in total. The van der Waals surface area contributed by atoms with Crippen molar-refractivity contribution in [2.75, 3.05) is 0 Å². The molecular weight excluding hydrogens is 425 g/mol. The first-order chi connectivity index (χ1) is 13.3. The number of nitrogens with zero attached hydrogens (tertiary/aromatic N) is 3. The van der Waals surface area contributed by atoms with Crippen molar-refractivity contribution >= 4 is 51.9 Å². The van der Waals surface area contributed by atoms with E-state index in [-0.39, 0.29) is 27.7 Å². The van der Waals surface area contributed by atoms with Crippen LogP contribution in [0.4, 0.5) is 0 Å². The third-order valence-electron chi connectivity index (χ3n) is 4.01. The summed E-state index contributed by atoms with van der Waals surface area (Å²) < 4.78 is 1.28. The number of carbonyl (C=O) groups is 1. The Hall–Kier alpha value is -2.87. The molecule has 0 aliphatic rings. The first-order valence-electron chi connectivity index (χ1n) is 7.89. The van der Waals surface area contributed by atoms with Gasteiger partial charge in [-0.25, -0.2) is 19.3 Å². The van der Waals surface area contributed by atoms with Gasteiger partial charge in [0.1, 0.15) is 5.52 Å². The Labute approximate surface area is 172 Å². The van der Waals surface area contributed by atoms with E-state index in [1.54, 1.807) is 36.4 Å². The van der Waals surface area contributed by atoms with Gasteiger partial charge in [-0.1, -0.05) is 40.9 Å². The molecule has 0 spiro atoms. The van der Waals surface area contributed by atoms with Crippen LogP contribution in [0.1, 0.15) is 10.5 Å². The van der Waals surface area contributed by atoms with Gasteiger partial charge in [0.25, 0.3) is 5.91 Å². The highest BCUT2D eigenvalue weighted by Crippen LogP contribution is 2.30. The van der Waals surface area contributed by atoms with Gasteiger partial charge in [-0.3, -0.25) is 4.79 Å². The molecule has 0 saturated heterocycles. The number of aromatic amines is 1. The fraction of sp³-hybridized carbons (Fsp3) is 0. The first-order valence-corrected chi connectivity index (χ1v) is 9.02. The SMILES string of the molecule is NC(=O)c1nc(-c2ccc(Cl)cc2Cl)nc2c1[nH]c(=O)n2-c1cccc(Cl)c1. The maximum absolute atomic E-state index is 12.6. The normalized spacial score (nSPS) is 11.1. The largest absolute Gasteiger partial charge is 0.364 e. The molecule has 0 atom stereocenters. The summed E-state index contributed by atoms with van der Waals surface area (Å²) in [7, 11) is 0. The van der Waals surface area contributed by atoms with Crippen LogP contribution in [0.15, 0.2) is 47.3 Å². The molecule has 4 rings (SSSR count). The highest BCUT2D eigenvalue weighted by Gasteiger charge is 2.21. The van der Waals surface area contributed by atoms with Crippen molar-refractivity contribution in [2.45, 2.75) is 0 Å². The second-order valence-corrected chi connectivity index (χ2v) is 7.11. The van der Waals surface area contributed by atoms with Crippen molar-refractivity contribution < 1.29 is 4.79 Å². The summed E-state index contributed by atoms with van der Waals surface area (Å²) in [6.07, 6.45) is 0. The third-order valence-corrected chi connectivity index (χ3v) is 4.79. The number of carbonyl (C=O) groups excluding carboxylic acids is 1. The number of aromatic nitrogens is 4. The molecule has 0 aliphatic carbocycles. The molecule has 0 fully saturated rings. The van der Waals surface area contributed by atoms with E-state index in [2.05, 4.69) is 15.0 Å². The van der Waals surface area contributed by atoms with Gasteiger partial charge in [0.2, 0.25) is 0 Å². The van der Waals surface area contributed by atoms with Crippen LogP contribution >= 0.6 is 34.8 Å². The van der Waals surface area contributed by atoms with Crippen molar-refractivity contribution in [3.05, 3.63) is 73.7 Å². The Morgan fingerprint density at radius 2 is 1.79 bits per heavy atom. The number of benzene rings is 2. The predicted molar refractivity (Wildman–Crippen MR) is 108 cm³/mol. The smallest absolute Gasteiger partial charge is 0.332 e. The molecule has 2 aromatic heterocycles. The van der Waals surface area contributed by atoms with Crippen LogP contribution in [-0.4, -0.2) is 25.4 Å². The lowest BCUT2D eigenvalue weighted by atomic mass is 10.2. The van der Waals surface area contributed by atoms with E-state index >= 15 is 0 Å². The van der Waals surface area contributed by atoms with Gasteiger partial charge in [-0.2, -0.15) is 0 Å². The van der Waals surface area contributed by atoms with E-state index < -0.39 is 11.6 Å². The highest BCUT2D eigenvalue weighted by atomic mass is 35.5. The summed E-state index contributed by atoms with van der Waals surface area (Å²) in [6.45, 7) is 0. The lowest BCUT2D eigenvalue weighted by Gasteiger charge is -2.08. The van der Waals surface area contributed by atoms with Crippen molar-refractivity contribution in [2.24, 2.45) is 5.73 Å². The monoisotopic (exact) mass is 433 g/mol. The Morgan fingerprint density at radius 3 is 2.46 bits per heavy atom. The van der Waals surface area contributed by atoms with Crippen LogP contribution in [0.2, 0.25) is 15.1 Å². The van der Waals surface area contributed by atoms with Crippen LogP contribution in [0.3, 0.4) is 0 Å². The maximum atomic E-state index is 12.6. The predicted octanol–water partition coefficient (Wildman–Crippen LogP) is 3.83. The van der Waals surface area contributed by atoms with Gasteiger partial charge < -0.3 is 10.7 Å². The lowest BCUT2D eigenvalue weighted by molar-refractivity contribution is 0.0997. The summed E-state index contributed by atoms with van der Waals surface area (Å²) in [4.78, 5) is 35.8. The van der Waals surface area contributed by atoms with Crippen molar-refractivity contribution in [3.63, 3.8) is 0 Å². The number of H-pyrrole nitrogens is 1. The Kier molecular flexibility index (Phi) is 4.58. The fourth-order valence-corrected chi connectivity index (χ4v) is 3.49. The van der Waals surface area contributed by atoms with Crippen molar-refractivity contribution in [1.82, 2.24) is 19.5 Å². The molecule has 140 valence electrons. The topological polar surface area (TPSA) is 107 Å². The second kappa shape index (κ2) is 6.94. The van der Waals surface area contributed by atoms with Crippen LogP contribution in [0.25, 0.3) is 28.2 Å². The number of primary amides is 1. The summed E-state index contributed by atoms with van der Waals surface area (Å²) in [6, 6.07) is 11.4. The number of rotatable bonds is 3. The fourth-order valence-electron chi connectivity index (χ4n) is 2.81. The van der Waals surface area contributed by atoms with Gasteiger partial charge in [0.05, 0.1) is 10.7 Å². The van der Waals surface area contributed by atoms with Gasteiger partial charge >= 0.3 is 5.69 Å². The minimum absolute atomic E-state index is 0.117. The summed E-state index contributed by atoms with van der Waals surface area (Å²) in [5.41, 5.74) is 6.00. The van der Waals surface area contributed by atoms with E-state index in [1.807, 2.05) is 0 Å². The average Bonchev–Trinajstić information content (AvgIpc) is 2.96. The first kappa shape index (κ1) is 18.5. The zero-order valence-electron chi connectivity index (χ0n) is 13.9. The summed E-state index contributed by atoms with van der Waals surface area (Å²) in [5.74, 6) is -0.698. The number of hydrogen-bond acceptors (Lipinski definition) is 4. The Bertz CT molecular complexity index is 1310. The molecule has 0 radical (unpaired) electrons. The molecule has 0 unspecified atom stereocenters. The average molecular weight is 435 g/mol. The number of halogens is 3. The zero-order valence-corrected chi connectivity index (χ0v) is 16.2. The number of fused-ring (bicyclic) bond motifs is 1. The van der Waals surface area contributed by atoms with E-state index in [9.17, 15) is 9.59 Å². The Balaban J connectivity index is 2.08. The second-order valence-electron chi connectivity index (χ2n) is 5.83. The minimum Gasteiger partial charge on any atom is -0.364 e. The van der Waals surface area contributed by atoms with E-state index in [0.717, 1.165) is 0 Å². The van der Waals surface area contributed by atoms with Crippen LogP contribution < -0.4 is 11.4 Å². The maximum Gasteiger partial charge on any atom is 0.332 e. The molecular formula is C18H10Cl3N5O2. The van der Waals surface area contributed by atoms with Gasteiger partial charge in [-0.05, 0) is 36.4 Å².